The Bertz CT molecular complexity index is 744. The summed E-state index contributed by atoms with van der Waals surface area (Å²) in [6.45, 7) is 9.72. The van der Waals surface area contributed by atoms with Crippen LogP contribution in [0.4, 0.5) is 0 Å². The molecule has 0 aromatic heterocycles. The predicted octanol–water partition coefficient (Wildman–Crippen LogP) is 4.09. The Morgan fingerprint density at radius 1 is 1.38 bits per heavy atom. The third-order valence-corrected chi connectivity index (χ3v) is 4.23. The van der Waals surface area contributed by atoms with Gasteiger partial charge in [-0.2, -0.15) is 5.26 Å². The number of nitrogens with one attached hydrogen (secondary N) is 1. The average molecular weight is 326 g/mol. The Hall–Kier alpha value is -2.74. The SMILES string of the molecule is C=CCOc1c(C)cc(C2C(C)=C(C)OC(=N)C2C#N)cc1OC. The molecule has 0 aliphatic carbocycles. The van der Waals surface area contributed by atoms with Crippen molar-refractivity contribution in [1.82, 2.24) is 0 Å². The van der Waals surface area contributed by atoms with Gasteiger partial charge in [-0.1, -0.05) is 18.7 Å². The second-order valence-electron chi connectivity index (χ2n) is 5.76. The fourth-order valence-electron chi connectivity index (χ4n) is 2.93. The summed E-state index contributed by atoms with van der Waals surface area (Å²) < 4.78 is 16.5. The molecule has 1 aromatic rings. The molecule has 1 heterocycles. The lowest BCUT2D eigenvalue weighted by atomic mass is 9.79. The van der Waals surface area contributed by atoms with Gasteiger partial charge >= 0.3 is 0 Å². The number of aryl methyl sites for hydroxylation is 1. The van der Waals surface area contributed by atoms with E-state index >= 15 is 0 Å². The first-order valence-electron chi connectivity index (χ1n) is 7.70. The maximum Gasteiger partial charge on any atom is 0.205 e. The van der Waals surface area contributed by atoms with Crippen molar-refractivity contribution < 1.29 is 14.2 Å². The van der Waals surface area contributed by atoms with Crippen LogP contribution in [-0.4, -0.2) is 19.6 Å². The van der Waals surface area contributed by atoms with Gasteiger partial charge in [0.15, 0.2) is 11.5 Å². The normalized spacial score (nSPS) is 20.2. The molecule has 1 aliphatic heterocycles. The molecule has 0 fully saturated rings. The quantitative estimate of drug-likeness (QED) is 0.827. The lowest BCUT2D eigenvalue weighted by Gasteiger charge is -2.30. The van der Waals surface area contributed by atoms with Gasteiger partial charge in [-0.15, -0.1) is 0 Å². The van der Waals surface area contributed by atoms with Crippen LogP contribution in [0.15, 0.2) is 36.1 Å². The molecule has 1 aromatic carbocycles. The minimum absolute atomic E-state index is 0.0193. The molecular weight excluding hydrogens is 304 g/mol. The minimum atomic E-state index is -0.655. The van der Waals surface area contributed by atoms with E-state index in [1.165, 1.54) is 0 Å². The number of hydrogen-bond acceptors (Lipinski definition) is 5. The van der Waals surface area contributed by atoms with Gasteiger partial charge in [0, 0.05) is 5.92 Å². The third-order valence-electron chi connectivity index (χ3n) is 4.23. The Morgan fingerprint density at radius 3 is 2.67 bits per heavy atom. The number of ether oxygens (including phenoxy) is 3. The largest absolute Gasteiger partial charge is 0.493 e. The zero-order valence-corrected chi connectivity index (χ0v) is 14.5. The smallest absolute Gasteiger partial charge is 0.205 e. The van der Waals surface area contributed by atoms with Crippen molar-refractivity contribution in [2.45, 2.75) is 26.7 Å². The summed E-state index contributed by atoms with van der Waals surface area (Å²) in [5.41, 5.74) is 2.76. The van der Waals surface area contributed by atoms with Gasteiger partial charge in [-0.05, 0) is 43.5 Å². The van der Waals surface area contributed by atoms with Crippen molar-refractivity contribution in [3.8, 4) is 17.6 Å². The Balaban J connectivity index is 2.56. The van der Waals surface area contributed by atoms with E-state index in [4.69, 9.17) is 19.6 Å². The Labute approximate surface area is 142 Å². The van der Waals surface area contributed by atoms with Crippen LogP contribution in [-0.2, 0) is 4.74 Å². The number of nitriles is 1. The van der Waals surface area contributed by atoms with Crippen LogP contribution in [0, 0.1) is 29.6 Å². The second kappa shape index (κ2) is 7.22. The summed E-state index contributed by atoms with van der Waals surface area (Å²) in [5, 5.41) is 17.5. The van der Waals surface area contributed by atoms with Crippen molar-refractivity contribution in [2.75, 3.05) is 13.7 Å². The van der Waals surface area contributed by atoms with E-state index in [1.807, 2.05) is 32.9 Å². The van der Waals surface area contributed by atoms with Crippen LogP contribution >= 0.6 is 0 Å². The molecule has 0 amide bonds. The maximum absolute atomic E-state index is 9.50. The summed E-state index contributed by atoms with van der Waals surface area (Å²) in [5.74, 6) is 1.02. The molecule has 0 radical (unpaired) electrons. The van der Waals surface area contributed by atoms with E-state index < -0.39 is 5.92 Å². The van der Waals surface area contributed by atoms with Crippen LogP contribution in [0.2, 0.25) is 0 Å². The van der Waals surface area contributed by atoms with Crippen LogP contribution in [0.1, 0.15) is 30.9 Å². The first kappa shape index (κ1) is 17.6. The molecule has 2 atom stereocenters. The highest BCUT2D eigenvalue weighted by Gasteiger charge is 2.36. The zero-order chi connectivity index (χ0) is 17.9. The van der Waals surface area contributed by atoms with Gasteiger partial charge in [0.25, 0.3) is 0 Å². The summed E-state index contributed by atoms with van der Waals surface area (Å²) in [6, 6.07) is 6.04. The monoisotopic (exact) mass is 326 g/mol. The van der Waals surface area contributed by atoms with Gasteiger partial charge in [-0.25, -0.2) is 0 Å². The van der Waals surface area contributed by atoms with Crippen molar-refractivity contribution >= 4 is 5.90 Å². The standard InChI is InChI=1S/C19H22N2O3/c1-6-7-23-18-11(2)8-14(9-16(18)22-5)17-12(3)13(4)24-19(21)15(17)10-20/h6,8-9,15,17,21H,1,7H2,2-5H3. The van der Waals surface area contributed by atoms with Crippen LogP contribution in [0.5, 0.6) is 11.5 Å². The Morgan fingerprint density at radius 2 is 2.08 bits per heavy atom. The van der Waals surface area contributed by atoms with E-state index in [0.29, 0.717) is 23.9 Å². The maximum atomic E-state index is 9.50. The lowest BCUT2D eigenvalue weighted by Crippen LogP contribution is -2.28. The summed E-state index contributed by atoms with van der Waals surface area (Å²) in [4.78, 5) is 0. The van der Waals surface area contributed by atoms with Gasteiger partial charge in [0.2, 0.25) is 5.90 Å². The van der Waals surface area contributed by atoms with Crippen molar-refractivity contribution in [3.05, 3.63) is 47.2 Å². The first-order valence-corrected chi connectivity index (χ1v) is 7.70. The molecule has 0 saturated carbocycles. The average Bonchev–Trinajstić information content (AvgIpc) is 2.56. The third kappa shape index (κ3) is 3.13. The van der Waals surface area contributed by atoms with Crippen molar-refractivity contribution in [1.29, 1.82) is 10.7 Å². The fraction of sp³-hybridized carbons (Fsp3) is 0.368. The first-order chi connectivity index (χ1) is 11.4. The second-order valence-corrected chi connectivity index (χ2v) is 5.76. The molecule has 0 spiro atoms. The van der Waals surface area contributed by atoms with Crippen LogP contribution in [0.3, 0.4) is 0 Å². The molecule has 1 N–H and O–H groups in total. The molecule has 126 valence electrons. The lowest BCUT2D eigenvalue weighted by molar-refractivity contribution is 0.322. The van der Waals surface area contributed by atoms with Gasteiger partial charge in [0.1, 0.15) is 18.3 Å². The van der Waals surface area contributed by atoms with E-state index in [1.54, 1.807) is 13.2 Å². The molecule has 0 saturated heterocycles. The van der Waals surface area contributed by atoms with Gasteiger partial charge < -0.3 is 14.2 Å². The summed E-state index contributed by atoms with van der Waals surface area (Å²) >= 11 is 0. The number of hydrogen-bond donors (Lipinski definition) is 1. The van der Waals surface area contributed by atoms with Gasteiger partial charge in [0.05, 0.1) is 13.2 Å². The number of benzene rings is 1. The molecule has 1 aliphatic rings. The van der Waals surface area contributed by atoms with Crippen LogP contribution < -0.4 is 9.47 Å². The molecule has 2 rings (SSSR count). The molecule has 5 nitrogen and oxygen atoms in total. The fourth-order valence-corrected chi connectivity index (χ4v) is 2.93. The topological polar surface area (TPSA) is 75.3 Å². The summed E-state index contributed by atoms with van der Waals surface area (Å²) in [7, 11) is 1.58. The van der Waals surface area contributed by atoms with Crippen LogP contribution in [0.25, 0.3) is 0 Å². The highest BCUT2D eigenvalue weighted by Crippen LogP contribution is 2.42. The number of rotatable bonds is 5. The molecular formula is C19H22N2O3. The number of nitrogens with zero attached hydrogens (tertiary/aromatic N) is 1. The van der Waals surface area contributed by atoms with Crippen molar-refractivity contribution in [2.24, 2.45) is 5.92 Å². The molecule has 0 bridgehead atoms. The molecule has 24 heavy (non-hydrogen) atoms. The van der Waals surface area contributed by atoms with Gasteiger partial charge in [-0.3, -0.25) is 5.41 Å². The molecule has 5 heteroatoms. The number of allylic oxidation sites excluding steroid dienone is 2. The van der Waals surface area contributed by atoms with Crippen molar-refractivity contribution in [3.63, 3.8) is 0 Å². The Kier molecular flexibility index (Phi) is 5.30. The van der Waals surface area contributed by atoms with E-state index in [-0.39, 0.29) is 11.8 Å². The highest BCUT2D eigenvalue weighted by molar-refractivity contribution is 5.82. The van der Waals surface area contributed by atoms with E-state index in [2.05, 4.69) is 12.6 Å². The van der Waals surface area contributed by atoms with E-state index in [9.17, 15) is 5.26 Å². The highest BCUT2D eigenvalue weighted by atomic mass is 16.5. The summed E-state index contributed by atoms with van der Waals surface area (Å²) in [6.07, 6.45) is 1.68. The zero-order valence-electron chi connectivity index (χ0n) is 14.5. The predicted molar refractivity (Wildman–Crippen MR) is 92.5 cm³/mol. The minimum Gasteiger partial charge on any atom is -0.493 e. The number of methoxy groups -OCH3 is 1. The van der Waals surface area contributed by atoms with E-state index in [0.717, 1.165) is 16.7 Å². The molecule has 2 unspecified atom stereocenters.